The third-order valence-electron chi connectivity index (χ3n) is 9.44. The molecule has 0 unspecified atom stereocenters. The normalized spacial score (nSPS) is 36.3. The van der Waals surface area contributed by atoms with Gasteiger partial charge in [-0.2, -0.15) is 0 Å². The molecule has 4 aliphatic rings. The second kappa shape index (κ2) is 7.34. The number of phenols is 1. The van der Waals surface area contributed by atoms with Crippen molar-refractivity contribution in [2.75, 3.05) is 0 Å². The Morgan fingerprint density at radius 1 is 1.18 bits per heavy atom. The van der Waals surface area contributed by atoms with Gasteiger partial charge in [0.05, 0.1) is 5.92 Å². The van der Waals surface area contributed by atoms with Gasteiger partial charge in [-0.1, -0.05) is 25.1 Å². The second-order valence-corrected chi connectivity index (χ2v) is 11.0. The average Bonchev–Trinajstić information content (AvgIpc) is 3.26. The number of hydrogen-bond donors (Lipinski definition) is 2. The zero-order chi connectivity index (χ0) is 22.9. The van der Waals surface area contributed by atoms with E-state index in [0.29, 0.717) is 35.5 Å². The summed E-state index contributed by atoms with van der Waals surface area (Å²) in [5.41, 5.74) is 9.66. The molecule has 172 valence electrons. The maximum absolute atomic E-state index is 13.0. The zero-order valence-corrected chi connectivity index (χ0v) is 19.0. The molecule has 2 aromatic carbocycles. The first kappa shape index (κ1) is 20.8. The molecule has 3 fully saturated rings. The summed E-state index contributed by atoms with van der Waals surface area (Å²) in [7, 11) is 0. The van der Waals surface area contributed by atoms with Gasteiger partial charge in [0.2, 0.25) is 5.91 Å². The smallest absolute Gasteiger partial charge is 0.310 e. The van der Waals surface area contributed by atoms with Crippen LogP contribution in [0.3, 0.4) is 0 Å². The fourth-order valence-corrected chi connectivity index (χ4v) is 7.94. The van der Waals surface area contributed by atoms with Gasteiger partial charge in [-0.25, -0.2) is 0 Å². The van der Waals surface area contributed by atoms with Crippen molar-refractivity contribution in [3.8, 4) is 5.75 Å². The molecule has 1 saturated heterocycles. The molecule has 2 aromatic rings. The molecule has 33 heavy (non-hydrogen) atoms. The van der Waals surface area contributed by atoms with E-state index < -0.39 is 5.91 Å². The summed E-state index contributed by atoms with van der Waals surface area (Å²) in [6.45, 7) is 2.36. The van der Waals surface area contributed by atoms with Crippen LogP contribution < -0.4 is 5.73 Å². The van der Waals surface area contributed by atoms with E-state index in [1.165, 1.54) is 11.1 Å². The van der Waals surface area contributed by atoms with E-state index in [-0.39, 0.29) is 29.3 Å². The topological polar surface area (TPSA) is 89.6 Å². The Bertz CT molecular complexity index is 1140. The summed E-state index contributed by atoms with van der Waals surface area (Å²) >= 11 is 0. The van der Waals surface area contributed by atoms with Gasteiger partial charge in [0.25, 0.3) is 0 Å². The number of rotatable bonds is 3. The predicted octanol–water partition coefficient (Wildman–Crippen LogP) is 4.36. The number of benzene rings is 2. The summed E-state index contributed by atoms with van der Waals surface area (Å²) in [5, 5.41) is 9.93. The van der Waals surface area contributed by atoms with E-state index in [1.807, 2.05) is 30.3 Å². The van der Waals surface area contributed by atoms with Crippen LogP contribution >= 0.6 is 0 Å². The van der Waals surface area contributed by atoms with Crippen molar-refractivity contribution in [2.24, 2.45) is 34.8 Å². The Morgan fingerprint density at radius 3 is 2.85 bits per heavy atom. The van der Waals surface area contributed by atoms with Crippen LogP contribution in [0.15, 0.2) is 42.5 Å². The van der Waals surface area contributed by atoms with Crippen LogP contribution in [0, 0.1) is 29.1 Å². The molecule has 2 saturated carbocycles. The molecule has 3 aliphatic carbocycles. The van der Waals surface area contributed by atoms with E-state index in [4.69, 9.17) is 10.5 Å². The maximum Gasteiger partial charge on any atom is 0.310 e. The minimum atomic E-state index is -0.444. The number of esters is 1. The molecule has 1 heterocycles. The van der Waals surface area contributed by atoms with Crippen molar-refractivity contribution in [2.45, 2.75) is 57.5 Å². The van der Waals surface area contributed by atoms with Crippen LogP contribution in [-0.2, 0) is 22.4 Å². The monoisotopic (exact) mass is 445 g/mol. The van der Waals surface area contributed by atoms with Crippen LogP contribution in [0.2, 0.25) is 0 Å². The van der Waals surface area contributed by atoms with E-state index in [2.05, 4.69) is 13.0 Å². The van der Waals surface area contributed by atoms with Crippen molar-refractivity contribution >= 4 is 11.9 Å². The third-order valence-corrected chi connectivity index (χ3v) is 9.44. The standard InChI is InChI=1S/C28H31NO4/c1-28-10-9-20-19-8-6-18(30)13-16(19)5-7-21(20)24(28)14-22-23(27(32)33-25(22)28)12-15-3-2-4-17(11-15)26(29)31/h2-4,6,8,11,13,20-25,30H,5,7,9-10,12,14H2,1H3,(H2,29,31)/t20-,21-,22-,23-,24+,25+,28+/m1/s1. The van der Waals surface area contributed by atoms with Crippen molar-refractivity contribution < 1.29 is 19.4 Å². The molecular weight excluding hydrogens is 414 g/mol. The van der Waals surface area contributed by atoms with Crippen molar-refractivity contribution in [3.05, 3.63) is 64.7 Å². The Labute approximate surface area is 194 Å². The van der Waals surface area contributed by atoms with Crippen LogP contribution in [0.1, 0.15) is 65.6 Å². The maximum atomic E-state index is 13.0. The van der Waals surface area contributed by atoms with Crippen LogP contribution in [0.4, 0.5) is 0 Å². The number of aromatic hydroxyl groups is 1. The first-order valence-corrected chi connectivity index (χ1v) is 12.3. The largest absolute Gasteiger partial charge is 0.508 e. The zero-order valence-electron chi connectivity index (χ0n) is 19.0. The number of hydrogen-bond acceptors (Lipinski definition) is 4. The van der Waals surface area contributed by atoms with Gasteiger partial charge in [-0.05, 0) is 97.2 Å². The van der Waals surface area contributed by atoms with Crippen molar-refractivity contribution in [1.29, 1.82) is 0 Å². The quantitative estimate of drug-likeness (QED) is 0.687. The fourth-order valence-electron chi connectivity index (χ4n) is 7.94. The first-order chi connectivity index (χ1) is 15.8. The van der Waals surface area contributed by atoms with Crippen molar-refractivity contribution in [3.63, 3.8) is 0 Å². The SMILES string of the molecule is C[C@]12CC[C@@H]3c4ccc(O)cc4CC[C@H]3[C@@H]1C[C@@H]1[C@@H](Cc3cccc(C(N)=O)c3)C(=O)O[C@@H]12. The lowest BCUT2D eigenvalue weighted by Gasteiger charge is -2.50. The lowest BCUT2D eigenvalue weighted by Crippen LogP contribution is -2.44. The summed E-state index contributed by atoms with van der Waals surface area (Å²) in [4.78, 5) is 24.6. The molecule has 3 N–H and O–H groups in total. The van der Waals surface area contributed by atoms with Gasteiger partial charge in [0.1, 0.15) is 11.9 Å². The summed E-state index contributed by atoms with van der Waals surface area (Å²) in [6.07, 6.45) is 5.94. The number of fused-ring (bicyclic) bond motifs is 7. The van der Waals surface area contributed by atoms with Gasteiger partial charge in [0, 0.05) is 16.9 Å². The highest BCUT2D eigenvalue weighted by molar-refractivity contribution is 5.92. The minimum absolute atomic E-state index is 0.0125. The molecule has 1 aliphatic heterocycles. The minimum Gasteiger partial charge on any atom is -0.508 e. The highest BCUT2D eigenvalue weighted by Crippen LogP contribution is 2.65. The highest BCUT2D eigenvalue weighted by atomic mass is 16.6. The average molecular weight is 446 g/mol. The van der Waals surface area contributed by atoms with Gasteiger partial charge in [-0.3, -0.25) is 9.59 Å². The lowest BCUT2D eigenvalue weighted by atomic mass is 9.55. The Morgan fingerprint density at radius 2 is 2.03 bits per heavy atom. The molecule has 0 spiro atoms. The molecule has 5 nitrogen and oxygen atoms in total. The summed E-state index contributed by atoms with van der Waals surface area (Å²) in [6, 6.07) is 13.3. The molecule has 0 radical (unpaired) electrons. The summed E-state index contributed by atoms with van der Waals surface area (Å²) < 4.78 is 6.12. The van der Waals surface area contributed by atoms with Gasteiger partial charge in [-0.15, -0.1) is 0 Å². The summed E-state index contributed by atoms with van der Waals surface area (Å²) in [5.74, 6) is 1.58. The number of ether oxygens (including phenoxy) is 1. The second-order valence-electron chi connectivity index (χ2n) is 11.0. The van der Waals surface area contributed by atoms with E-state index in [1.54, 1.807) is 6.07 Å². The number of aryl methyl sites for hydroxylation is 1. The van der Waals surface area contributed by atoms with E-state index in [9.17, 15) is 14.7 Å². The Hall–Kier alpha value is -2.82. The molecule has 0 bridgehead atoms. The lowest BCUT2D eigenvalue weighted by molar-refractivity contribution is -0.151. The number of primary amides is 1. The van der Waals surface area contributed by atoms with Gasteiger partial charge in [0.15, 0.2) is 0 Å². The molecule has 7 atom stereocenters. The number of amides is 1. The Kier molecular flexibility index (Phi) is 4.62. The third kappa shape index (κ3) is 3.12. The number of carbonyl (C=O) groups is 2. The fraction of sp³-hybridized carbons (Fsp3) is 0.500. The number of carbonyl (C=O) groups excluding carboxylic acids is 2. The molecule has 5 heteroatoms. The Balaban J connectivity index is 1.28. The highest BCUT2D eigenvalue weighted by Gasteiger charge is 2.64. The number of phenolic OH excluding ortho intramolecular Hbond substituents is 1. The van der Waals surface area contributed by atoms with E-state index in [0.717, 1.165) is 37.7 Å². The molecule has 0 aromatic heterocycles. The van der Waals surface area contributed by atoms with Gasteiger partial charge < -0.3 is 15.6 Å². The van der Waals surface area contributed by atoms with Gasteiger partial charge >= 0.3 is 5.97 Å². The van der Waals surface area contributed by atoms with Crippen molar-refractivity contribution in [1.82, 2.24) is 0 Å². The van der Waals surface area contributed by atoms with E-state index >= 15 is 0 Å². The molecule has 1 amide bonds. The number of nitrogens with two attached hydrogens (primary N) is 1. The predicted molar refractivity (Wildman–Crippen MR) is 124 cm³/mol. The van der Waals surface area contributed by atoms with Crippen LogP contribution in [0.25, 0.3) is 0 Å². The first-order valence-electron chi connectivity index (χ1n) is 12.3. The van der Waals surface area contributed by atoms with Crippen LogP contribution in [0.5, 0.6) is 5.75 Å². The van der Waals surface area contributed by atoms with Crippen LogP contribution in [-0.4, -0.2) is 23.1 Å². The molecule has 6 rings (SSSR count). The molecular formula is C28H31NO4.